The molecular formula is C16H14BrNO. The van der Waals surface area contributed by atoms with Crippen LogP contribution in [-0.2, 0) is 10.1 Å². The number of halogens is 1. The average Bonchev–Trinajstić information content (AvgIpc) is 2.46. The van der Waals surface area contributed by atoms with Crippen molar-refractivity contribution in [1.29, 1.82) is 0 Å². The highest BCUT2D eigenvalue weighted by atomic mass is 79.9. The van der Waals surface area contributed by atoms with Crippen LogP contribution in [0.3, 0.4) is 0 Å². The van der Waals surface area contributed by atoms with Crippen LogP contribution >= 0.6 is 15.9 Å². The Kier molecular flexibility index (Phi) is 4.93. The summed E-state index contributed by atoms with van der Waals surface area (Å²) in [5, 5.41) is 3.61. The minimum atomic E-state index is -0.129. The summed E-state index contributed by atoms with van der Waals surface area (Å²) in [6.07, 6.45) is 3.33. The highest BCUT2D eigenvalue weighted by Crippen LogP contribution is 2.13. The lowest BCUT2D eigenvalue weighted by atomic mass is 10.2. The predicted molar refractivity (Wildman–Crippen MR) is 83.2 cm³/mol. The van der Waals surface area contributed by atoms with Gasteiger partial charge in [0, 0.05) is 17.1 Å². The smallest absolute Gasteiger partial charge is 0.248 e. The van der Waals surface area contributed by atoms with E-state index in [0.29, 0.717) is 0 Å². The molecule has 96 valence electrons. The summed E-state index contributed by atoms with van der Waals surface area (Å²) < 4.78 is 0. The van der Waals surface area contributed by atoms with Crippen LogP contribution < -0.4 is 5.32 Å². The van der Waals surface area contributed by atoms with Gasteiger partial charge in [-0.25, -0.2) is 0 Å². The van der Waals surface area contributed by atoms with Gasteiger partial charge in [-0.05, 0) is 29.3 Å². The Bertz CT molecular complexity index is 578. The zero-order valence-corrected chi connectivity index (χ0v) is 11.9. The number of carbonyl (C=O) groups is 1. The molecule has 1 amide bonds. The first kappa shape index (κ1) is 13.6. The highest BCUT2D eigenvalue weighted by Gasteiger charge is 1.98. The van der Waals surface area contributed by atoms with Crippen molar-refractivity contribution < 1.29 is 4.79 Å². The Hall–Kier alpha value is -1.87. The highest BCUT2D eigenvalue weighted by molar-refractivity contribution is 9.08. The fraction of sp³-hybridized carbons (Fsp3) is 0.0625. The average molecular weight is 316 g/mol. The first-order valence-electron chi connectivity index (χ1n) is 5.97. The molecule has 0 unspecified atom stereocenters. The predicted octanol–water partition coefficient (Wildman–Crippen LogP) is 4.23. The van der Waals surface area contributed by atoms with Crippen molar-refractivity contribution in [1.82, 2.24) is 0 Å². The third-order valence-corrected chi connectivity index (χ3v) is 3.22. The summed E-state index contributed by atoms with van der Waals surface area (Å²) in [5.41, 5.74) is 2.94. The summed E-state index contributed by atoms with van der Waals surface area (Å²) in [4.78, 5) is 11.8. The Balaban J connectivity index is 1.99. The maximum Gasteiger partial charge on any atom is 0.248 e. The van der Waals surface area contributed by atoms with Gasteiger partial charge in [0.15, 0.2) is 0 Å². The SMILES string of the molecule is O=C(C=Cc1ccccc1)Nc1cccc(CBr)c1. The van der Waals surface area contributed by atoms with E-state index in [2.05, 4.69) is 21.2 Å². The Labute approximate surface area is 121 Å². The van der Waals surface area contributed by atoms with Gasteiger partial charge in [0.05, 0.1) is 0 Å². The van der Waals surface area contributed by atoms with Crippen molar-refractivity contribution in [3.8, 4) is 0 Å². The van der Waals surface area contributed by atoms with Crippen LogP contribution in [0.4, 0.5) is 5.69 Å². The lowest BCUT2D eigenvalue weighted by Gasteiger charge is -2.03. The van der Waals surface area contributed by atoms with Crippen LogP contribution in [0, 0.1) is 0 Å². The van der Waals surface area contributed by atoms with Crippen molar-refractivity contribution in [3.05, 3.63) is 71.8 Å². The quantitative estimate of drug-likeness (QED) is 0.663. The summed E-state index contributed by atoms with van der Waals surface area (Å²) in [6.45, 7) is 0. The van der Waals surface area contributed by atoms with Crippen molar-refractivity contribution in [3.63, 3.8) is 0 Å². The number of nitrogens with one attached hydrogen (secondary N) is 1. The van der Waals surface area contributed by atoms with Crippen molar-refractivity contribution in [2.75, 3.05) is 5.32 Å². The van der Waals surface area contributed by atoms with E-state index in [4.69, 9.17) is 0 Å². The van der Waals surface area contributed by atoms with E-state index in [0.717, 1.165) is 22.1 Å². The Morgan fingerprint density at radius 2 is 1.89 bits per heavy atom. The van der Waals surface area contributed by atoms with Crippen molar-refractivity contribution in [2.45, 2.75) is 5.33 Å². The van der Waals surface area contributed by atoms with E-state index in [1.807, 2.05) is 54.6 Å². The summed E-state index contributed by atoms with van der Waals surface area (Å²) >= 11 is 3.39. The molecule has 2 rings (SSSR count). The van der Waals surface area contributed by atoms with Gasteiger partial charge in [0.25, 0.3) is 0 Å². The molecular weight excluding hydrogens is 302 g/mol. The van der Waals surface area contributed by atoms with Gasteiger partial charge in [-0.1, -0.05) is 58.4 Å². The minimum Gasteiger partial charge on any atom is -0.323 e. The van der Waals surface area contributed by atoms with E-state index in [1.165, 1.54) is 6.08 Å². The van der Waals surface area contributed by atoms with Crippen LogP contribution in [0.5, 0.6) is 0 Å². The molecule has 0 spiro atoms. The second-order valence-electron chi connectivity index (χ2n) is 4.07. The number of hydrogen-bond donors (Lipinski definition) is 1. The molecule has 0 saturated heterocycles. The van der Waals surface area contributed by atoms with Gasteiger partial charge in [0.1, 0.15) is 0 Å². The molecule has 2 nitrogen and oxygen atoms in total. The number of carbonyl (C=O) groups excluding carboxylic acids is 1. The number of alkyl halides is 1. The molecule has 3 heteroatoms. The summed E-state index contributed by atoms with van der Waals surface area (Å²) in [6, 6.07) is 17.5. The molecule has 2 aromatic carbocycles. The van der Waals surface area contributed by atoms with Gasteiger partial charge in [-0.2, -0.15) is 0 Å². The number of rotatable bonds is 4. The van der Waals surface area contributed by atoms with Crippen LogP contribution in [-0.4, -0.2) is 5.91 Å². The van der Waals surface area contributed by atoms with E-state index >= 15 is 0 Å². The molecule has 0 fully saturated rings. The Morgan fingerprint density at radius 3 is 2.63 bits per heavy atom. The van der Waals surface area contributed by atoms with E-state index in [-0.39, 0.29) is 5.91 Å². The molecule has 19 heavy (non-hydrogen) atoms. The van der Waals surface area contributed by atoms with Gasteiger partial charge in [-0.15, -0.1) is 0 Å². The molecule has 0 aliphatic heterocycles. The number of benzene rings is 2. The maximum atomic E-state index is 11.8. The molecule has 1 N–H and O–H groups in total. The molecule has 0 bridgehead atoms. The largest absolute Gasteiger partial charge is 0.323 e. The van der Waals surface area contributed by atoms with E-state index < -0.39 is 0 Å². The molecule has 2 aromatic rings. The first-order valence-corrected chi connectivity index (χ1v) is 7.09. The summed E-state index contributed by atoms with van der Waals surface area (Å²) in [7, 11) is 0. The molecule has 0 atom stereocenters. The third kappa shape index (κ3) is 4.38. The number of hydrogen-bond acceptors (Lipinski definition) is 1. The lowest BCUT2D eigenvalue weighted by Crippen LogP contribution is -2.07. The second kappa shape index (κ2) is 6.90. The standard InChI is InChI=1S/C16H14BrNO/c17-12-14-7-4-8-15(11-14)18-16(19)10-9-13-5-2-1-3-6-13/h1-11H,12H2,(H,18,19). The van der Waals surface area contributed by atoms with Crippen LogP contribution in [0.15, 0.2) is 60.7 Å². The second-order valence-corrected chi connectivity index (χ2v) is 4.63. The monoisotopic (exact) mass is 315 g/mol. The van der Waals surface area contributed by atoms with Gasteiger partial charge in [-0.3, -0.25) is 4.79 Å². The molecule has 0 radical (unpaired) electrons. The number of amides is 1. The normalized spacial score (nSPS) is 10.6. The van der Waals surface area contributed by atoms with Gasteiger partial charge in [0.2, 0.25) is 5.91 Å². The summed E-state index contributed by atoms with van der Waals surface area (Å²) in [5.74, 6) is -0.129. The maximum absolute atomic E-state index is 11.8. The van der Waals surface area contributed by atoms with E-state index in [9.17, 15) is 4.79 Å². The van der Waals surface area contributed by atoms with Crippen molar-refractivity contribution in [2.24, 2.45) is 0 Å². The molecule has 0 heterocycles. The molecule has 0 aromatic heterocycles. The fourth-order valence-corrected chi connectivity index (χ4v) is 2.00. The van der Waals surface area contributed by atoms with Crippen LogP contribution in [0.1, 0.15) is 11.1 Å². The minimum absolute atomic E-state index is 0.129. The fourth-order valence-electron chi connectivity index (χ4n) is 1.65. The van der Waals surface area contributed by atoms with Gasteiger partial charge < -0.3 is 5.32 Å². The Morgan fingerprint density at radius 1 is 1.11 bits per heavy atom. The molecule has 0 aliphatic rings. The molecule has 0 aliphatic carbocycles. The first-order chi connectivity index (χ1) is 9.28. The third-order valence-electron chi connectivity index (χ3n) is 2.58. The van der Waals surface area contributed by atoms with Gasteiger partial charge >= 0.3 is 0 Å². The van der Waals surface area contributed by atoms with Crippen LogP contribution in [0.2, 0.25) is 0 Å². The molecule has 0 saturated carbocycles. The zero-order valence-electron chi connectivity index (χ0n) is 10.3. The van der Waals surface area contributed by atoms with Crippen molar-refractivity contribution >= 4 is 33.6 Å². The topological polar surface area (TPSA) is 29.1 Å². The van der Waals surface area contributed by atoms with Crippen LogP contribution in [0.25, 0.3) is 6.08 Å². The lowest BCUT2D eigenvalue weighted by molar-refractivity contribution is -0.111. The zero-order chi connectivity index (χ0) is 13.5. The number of anilines is 1. The van der Waals surface area contributed by atoms with E-state index in [1.54, 1.807) is 6.08 Å².